The van der Waals surface area contributed by atoms with Crippen molar-refractivity contribution >= 4 is 17.7 Å². The Morgan fingerprint density at radius 3 is 2.79 bits per heavy atom. The van der Waals surface area contributed by atoms with Crippen molar-refractivity contribution in [3.8, 4) is 11.8 Å². The fourth-order valence-electron chi connectivity index (χ4n) is 3.73. The van der Waals surface area contributed by atoms with E-state index in [1.807, 2.05) is 11.8 Å². The lowest BCUT2D eigenvalue weighted by Gasteiger charge is -2.26. The van der Waals surface area contributed by atoms with Crippen LogP contribution in [0.1, 0.15) is 58.3 Å². The van der Waals surface area contributed by atoms with E-state index in [9.17, 15) is 4.79 Å². The van der Waals surface area contributed by atoms with Crippen LogP contribution in [-0.4, -0.2) is 34.8 Å². The molecule has 0 aliphatic carbocycles. The molecule has 0 radical (unpaired) electrons. The molecule has 4 heteroatoms. The fourth-order valence-corrected chi connectivity index (χ4v) is 4.87. The Morgan fingerprint density at radius 2 is 2.04 bits per heavy atom. The molecule has 2 bridgehead atoms. The van der Waals surface area contributed by atoms with Gasteiger partial charge >= 0.3 is 5.97 Å². The van der Waals surface area contributed by atoms with Gasteiger partial charge in [0, 0.05) is 25.0 Å². The molecule has 2 aliphatic heterocycles. The van der Waals surface area contributed by atoms with Gasteiger partial charge in [0.1, 0.15) is 0 Å². The monoisotopic (exact) mass is 350 g/mol. The highest BCUT2D eigenvalue weighted by Gasteiger charge is 2.47. The summed E-state index contributed by atoms with van der Waals surface area (Å²) in [5.74, 6) is 9.27. The molecule has 0 saturated carbocycles. The summed E-state index contributed by atoms with van der Waals surface area (Å²) in [6.45, 7) is 2.09. The summed E-state index contributed by atoms with van der Waals surface area (Å²) in [4.78, 5) is 10.5. The number of hydrogen-bond donors (Lipinski definition) is 1. The third-order valence-corrected chi connectivity index (χ3v) is 6.02. The first-order chi connectivity index (χ1) is 11.7. The molecule has 1 N–H and O–H groups in total. The highest BCUT2D eigenvalue weighted by molar-refractivity contribution is 7.99. The largest absolute Gasteiger partial charge is 0.481 e. The number of aliphatic carboxylic acids is 1. The maximum absolute atomic E-state index is 10.5. The molecule has 3 nitrogen and oxygen atoms in total. The molecule has 2 saturated heterocycles. The van der Waals surface area contributed by atoms with E-state index in [0.717, 1.165) is 37.9 Å². The van der Waals surface area contributed by atoms with Gasteiger partial charge in [0.2, 0.25) is 0 Å². The Hall–Kier alpha value is -0.920. The Labute approximate surface area is 150 Å². The van der Waals surface area contributed by atoms with E-state index in [0.29, 0.717) is 24.0 Å². The van der Waals surface area contributed by atoms with Gasteiger partial charge in [-0.05, 0) is 49.7 Å². The quantitative estimate of drug-likeness (QED) is 0.357. The van der Waals surface area contributed by atoms with E-state index < -0.39 is 5.97 Å². The van der Waals surface area contributed by atoms with Crippen LogP contribution in [0.2, 0.25) is 0 Å². The smallest absolute Gasteiger partial charge is 0.303 e. The summed E-state index contributed by atoms with van der Waals surface area (Å²) < 4.78 is 6.15. The molecular weight excluding hydrogens is 320 g/mol. The summed E-state index contributed by atoms with van der Waals surface area (Å²) >= 11 is 2.02. The first-order valence-corrected chi connectivity index (χ1v) is 10.4. The number of carboxylic acid groups (broad SMARTS) is 1. The van der Waals surface area contributed by atoms with Crippen molar-refractivity contribution in [3.05, 3.63) is 12.2 Å². The number of ether oxygens (including phenoxy) is 1. The highest BCUT2D eigenvalue weighted by atomic mass is 32.2. The van der Waals surface area contributed by atoms with Crippen molar-refractivity contribution in [2.24, 2.45) is 11.8 Å². The van der Waals surface area contributed by atoms with Gasteiger partial charge < -0.3 is 9.84 Å². The second-order valence-electron chi connectivity index (χ2n) is 6.64. The zero-order valence-electron chi connectivity index (χ0n) is 14.7. The first-order valence-electron chi connectivity index (χ1n) is 9.28. The second-order valence-corrected chi connectivity index (χ2v) is 7.79. The number of carbonyl (C=O) groups is 1. The number of carboxylic acids is 1. The molecule has 0 aromatic carbocycles. The predicted octanol–water partition coefficient (Wildman–Crippen LogP) is 4.52. The van der Waals surface area contributed by atoms with Gasteiger partial charge in [-0.25, -0.2) is 0 Å². The van der Waals surface area contributed by atoms with Crippen LogP contribution in [0.25, 0.3) is 0 Å². The second kappa shape index (κ2) is 10.8. The maximum atomic E-state index is 10.5. The van der Waals surface area contributed by atoms with Crippen LogP contribution in [0.5, 0.6) is 0 Å². The molecule has 2 heterocycles. The number of rotatable bonds is 10. The molecule has 0 aromatic heterocycles. The van der Waals surface area contributed by atoms with Crippen LogP contribution in [0, 0.1) is 23.7 Å². The molecule has 0 spiro atoms. The van der Waals surface area contributed by atoms with Crippen LogP contribution in [0.3, 0.4) is 0 Å². The summed E-state index contributed by atoms with van der Waals surface area (Å²) in [5, 5.41) is 8.65. The number of hydrogen-bond acceptors (Lipinski definition) is 3. The molecule has 0 aromatic rings. The third kappa shape index (κ3) is 6.18. The highest BCUT2D eigenvalue weighted by Crippen LogP contribution is 2.46. The summed E-state index contributed by atoms with van der Waals surface area (Å²) in [6.07, 6.45) is 12.6. The normalized spacial score (nSPS) is 28.2. The molecule has 24 heavy (non-hydrogen) atoms. The Morgan fingerprint density at radius 1 is 1.25 bits per heavy atom. The van der Waals surface area contributed by atoms with Gasteiger partial charge in [0.25, 0.3) is 0 Å². The molecule has 0 amide bonds. The van der Waals surface area contributed by atoms with E-state index in [1.54, 1.807) is 0 Å². The van der Waals surface area contributed by atoms with E-state index in [4.69, 9.17) is 9.84 Å². The summed E-state index contributed by atoms with van der Waals surface area (Å²) in [6, 6.07) is 0. The number of allylic oxidation sites excluding steroid dienone is 2. The van der Waals surface area contributed by atoms with Crippen molar-refractivity contribution in [1.82, 2.24) is 0 Å². The zero-order chi connectivity index (χ0) is 17.2. The average molecular weight is 351 g/mol. The van der Waals surface area contributed by atoms with Crippen LogP contribution in [-0.2, 0) is 9.53 Å². The molecule has 2 fully saturated rings. The van der Waals surface area contributed by atoms with E-state index in [-0.39, 0.29) is 6.42 Å². The standard InChI is InChI=1S/C20H30O3S/c1-2-3-4-9-14-24-15-17-16(18-12-13-19(17)23-18)10-7-5-6-8-11-20(21)22/h5,7,16-19H,2,6,8-15H2,1H3,(H,21,22)/t16-,17+,18-,19+/m0/s1. The predicted molar refractivity (Wildman–Crippen MR) is 100 cm³/mol. The van der Waals surface area contributed by atoms with Crippen molar-refractivity contribution in [3.63, 3.8) is 0 Å². The van der Waals surface area contributed by atoms with Crippen LogP contribution in [0.15, 0.2) is 12.2 Å². The van der Waals surface area contributed by atoms with Crippen molar-refractivity contribution < 1.29 is 14.6 Å². The first kappa shape index (κ1) is 19.4. The lowest BCUT2D eigenvalue weighted by molar-refractivity contribution is -0.137. The Kier molecular flexibility index (Phi) is 8.77. The van der Waals surface area contributed by atoms with Gasteiger partial charge in [0.05, 0.1) is 12.2 Å². The topological polar surface area (TPSA) is 46.5 Å². The van der Waals surface area contributed by atoms with Gasteiger partial charge in [-0.3, -0.25) is 4.79 Å². The van der Waals surface area contributed by atoms with Gasteiger partial charge in [-0.1, -0.05) is 19.1 Å². The van der Waals surface area contributed by atoms with E-state index in [1.165, 1.54) is 18.6 Å². The minimum atomic E-state index is -0.703. The maximum Gasteiger partial charge on any atom is 0.303 e. The molecule has 134 valence electrons. The van der Waals surface area contributed by atoms with Crippen molar-refractivity contribution in [1.29, 1.82) is 0 Å². The average Bonchev–Trinajstić information content (AvgIpc) is 3.15. The number of thioether (sulfide) groups is 1. The molecule has 2 aliphatic rings. The van der Waals surface area contributed by atoms with Crippen molar-refractivity contribution in [2.45, 2.75) is 70.5 Å². The Balaban J connectivity index is 1.69. The summed E-state index contributed by atoms with van der Waals surface area (Å²) in [5.41, 5.74) is 0. The SMILES string of the molecule is CCC#CCCSC[C@@H]1[C@H](CC=CCCCC(=O)O)[C@@H]2CC[C@H]1O2. The molecule has 0 unspecified atom stereocenters. The minimum Gasteiger partial charge on any atom is -0.481 e. The fraction of sp³-hybridized carbons (Fsp3) is 0.750. The Bertz CT molecular complexity index is 477. The number of unbranched alkanes of at least 4 members (excludes halogenated alkanes) is 1. The van der Waals surface area contributed by atoms with E-state index >= 15 is 0 Å². The summed E-state index contributed by atoms with van der Waals surface area (Å²) in [7, 11) is 0. The van der Waals surface area contributed by atoms with Crippen molar-refractivity contribution in [2.75, 3.05) is 11.5 Å². The van der Waals surface area contributed by atoms with Crippen LogP contribution >= 0.6 is 11.8 Å². The third-order valence-electron chi connectivity index (χ3n) is 4.91. The zero-order valence-corrected chi connectivity index (χ0v) is 15.5. The lowest BCUT2D eigenvalue weighted by Crippen LogP contribution is -2.28. The van der Waals surface area contributed by atoms with E-state index in [2.05, 4.69) is 30.9 Å². The van der Waals surface area contributed by atoms with Crippen LogP contribution in [0.4, 0.5) is 0 Å². The lowest BCUT2D eigenvalue weighted by atomic mass is 9.78. The molecular formula is C20H30O3S. The molecule has 2 rings (SSSR count). The van der Waals surface area contributed by atoms with Gasteiger partial charge in [-0.15, -0.1) is 11.8 Å². The number of fused-ring (bicyclic) bond motifs is 2. The van der Waals surface area contributed by atoms with Gasteiger partial charge in [-0.2, -0.15) is 11.8 Å². The van der Waals surface area contributed by atoms with Crippen LogP contribution < -0.4 is 0 Å². The van der Waals surface area contributed by atoms with Gasteiger partial charge in [0.15, 0.2) is 0 Å². The molecule has 4 atom stereocenters. The minimum absolute atomic E-state index is 0.266.